The summed E-state index contributed by atoms with van der Waals surface area (Å²) in [6.07, 6.45) is 3.07. The van der Waals surface area contributed by atoms with Crippen LogP contribution in [0.15, 0.2) is 23.0 Å². The number of aromatic nitrogens is 2. The molecule has 0 saturated carbocycles. The van der Waals surface area contributed by atoms with Crippen molar-refractivity contribution in [1.29, 1.82) is 0 Å². The second-order valence-electron chi connectivity index (χ2n) is 7.98. The van der Waals surface area contributed by atoms with E-state index < -0.39 is 0 Å². The molecule has 4 rings (SSSR count). The van der Waals surface area contributed by atoms with Crippen LogP contribution in [0.5, 0.6) is 11.5 Å². The number of ether oxygens (including phenoxy) is 1. The Morgan fingerprint density at radius 1 is 1.36 bits per heavy atom. The molecule has 1 aromatic carbocycles. The van der Waals surface area contributed by atoms with Crippen molar-refractivity contribution in [1.82, 2.24) is 14.9 Å². The Kier molecular flexibility index (Phi) is 5.26. The van der Waals surface area contributed by atoms with Gasteiger partial charge >= 0.3 is 0 Å². The van der Waals surface area contributed by atoms with Crippen molar-refractivity contribution >= 4 is 5.95 Å². The molecule has 1 saturated heterocycles. The van der Waals surface area contributed by atoms with E-state index in [0.29, 0.717) is 30.6 Å². The molecule has 28 heavy (non-hydrogen) atoms. The number of aromatic amines is 1. The highest BCUT2D eigenvalue weighted by atomic mass is 16.5. The number of nitrogens with zero attached hydrogens (tertiary/aromatic N) is 3. The van der Waals surface area contributed by atoms with Gasteiger partial charge in [-0.25, -0.2) is 4.98 Å². The smallest absolute Gasteiger partial charge is 0.255 e. The van der Waals surface area contributed by atoms with Crippen LogP contribution >= 0.6 is 0 Å². The minimum Gasteiger partial charge on any atom is -0.504 e. The standard InChI is InChI=1S/C21H28N4O3/c1-14-4-3-8-25(11-14)21-22-17-13-24(9-7-16(17)20(27)23-21)12-15-5-6-18(26)19(10-15)28-2/h5-6,10,14,26H,3-4,7-9,11-13H2,1-2H3,(H,22,23,27). The topological polar surface area (TPSA) is 81.7 Å². The average molecular weight is 384 g/mol. The molecular weight excluding hydrogens is 356 g/mol. The molecule has 2 aromatic rings. The molecular formula is C21H28N4O3. The van der Waals surface area contributed by atoms with E-state index in [4.69, 9.17) is 9.72 Å². The highest BCUT2D eigenvalue weighted by Crippen LogP contribution is 2.28. The molecule has 1 atom stereocenters. The SMILES string of the molecule is COc1cc(CN2CCc3c(nc(N4CCCC(C)C4)[nH]c3=O)C2)ccc1O. The van der Waals surface area contributed by atoms with Crippen LogP contribution in [-0.4, -0.2) is 46.7 Å². The summed E-state index contributed by atoms with van der Waals surface area (Å²) < 4.78 is 5.21. The lowest BCUT2D eigenvalue weighted by Crippen LogP contribution is -2.39. The summed E-state index contributed by atoms with van der Waals surface area (Å²) >= 11 is 0. The second kappa shape index (κ2) is 7.83. The van der Waals surface area contributed by atoms with Crippen molar-refractivity contribution < 1.29 is 9.84 Å². The Morgan fingerprint density at radius 2 is 2.21 bits per heavy atom. The van der Waals surface area contributed by atoms with Crippen molar-refractivity contribution in [2.75, 3.05) is 31.6 Å². The van der Waals surface area contributed by atoms with E-state index in [0.717, 1.165) is 49.4 Å². The first-order valence-corrected chi connectivity index (χ1v) is 9.98. The number of hydrogen-bond acceptors (Lipinski definition) is 6. The average Bonchev–Trinajstić information content (AvgIpc) is 2.69. The molecule has 2 aliphatic rings. The van der Waals surface area contributed by atoms with Gasteiger partial charge in [0.2, 0.25) is 5.95 Å². The third kappa shape index (κ3) is 3.85. The predicted molar refractivity (Wildman–Crippen MR) is 108 cm³/mol. The predicted octanol–water partition coefficient (Wildman–Crippen LogP) is 2.28. The van der Waals surface area contributed by atoms with E-state index in [-0.39, 0.29) is 11.3 Å². The minimum absolute atomic E-state index is 0.00387. The van der Waals surface area contributed by atoms with Gasteiger partial charge in [0.05, 0.1) is 12.8 Å². The molecule has 2 N–H and O–H groups in total. The van der Waals surface area contributed by atoms with Crippen LogP contribution in [0.3, 0.4) is 0 Å². The van der Waals surface area contributed by atoms with Crippen LogP contribution in [0, 0.1) is 5.92 Å². The zero-order valence-electron chi connectivity index (χ0n) is 16.6. The normalized spacial score (nSPS) is 20.1. The van der Waals surface area contributed by atoms with Crippen molar-refractivity contribution in [2.24, 2.45) is 5.92 Å². The van der Waals surface area contributed by atoms with Gasteiger partial charge in [-0.2, -0.15) is 0 Å². The Labute approximate surface area is 165 Å². The summed E-state index contributed by atoms with van der Waals surface area (Å²) in [5, 5.41) is 9.78. The highest BCUT2D eigenvalue weighted by molar-refractivity contribution is 5.42. The van der Waals surface area contributed by atoms with Gasteiger partial charge in [-0.3, -0.25) is 14.7 Å². The van der Waals surface area contributed by atoms with Crippen molar-refractivity contribution in [3.8, 4) is 11.5 Å². The molecule has 1 fully saturated rings. The van der Waals surface area contributed by atoms with Crippen LogP contribution in [0.4, 0.5) is 5.95 Å². The highest BCUT2D eigenvalue weighted by Gasteiger charge is 2.24. The number of nitrogens with one attached hydrogen (secondary N) is 1. The number of aromatic hydroxyl groups is 1. The van der Waals surface area contributed by atoms with E-state index in [1.807, 2.05) is 12.1 Å². The van der Waals surface area contributed by atoms with Crippen molar-refractivity contribution in [3.63, 3.8) is 0 Å². The molecule has 150 valence electrons. The number of methoxy groups -OCH3 is 1. The molecule has 3 heterocycles. The maximum absolute atomic E-state index is 12.6. The molecule has 1 aromatic heterocycles. The fraction of sp³-hybridized carbons (Fsp3) is 0.524. The van der Waals surface area contributed by atoms with E-state index in [2.05, 4.69) is 21.7 Å². The van der Waals surface area contributed by atoms with Gasteiger partial charge < -0.3 is 14.7 Å². The molecule has 7 nitrogen and oxygen atoms in total. The third-order valence-corrected chi connectivity index (χ3v) is 5.75. The summed E-state index contributed by atoms with van der Waals surface area (Å²) in [7, 11) is 1.55. The van der Waals surface area contributed by atoms with Crippen LogP contribution in [-0.2, 0) is 19.5 Å². The number of phenolic OH excluding ortho intramolecular Hbond substituents is 1. The fourth-order valence-electron chi connectivity index (χ4n) is 4.23. The maximum Gasteiger partial charge on any atom is 0.255 e. The number of hydrogen-bond donors (Lipinski definition) is 2. The Hall–Kier alpha value is -2.54. The van der Waals surface area contributed by atoms with Gasteiger partial charge in [0.1, 0.15) is 0 Å². The monoisotopic (exact) mass is 384 g/mol. The third-order valence-electron chi connectivity index (χ3n) is 5.75. The molecule has 0 amide bonds. The lowest BCUT2D eigenvalue weighted by atomic mass is 10.0. The number of benzene rings is 1. The first-order chi connectivity index (χ1) is 13.5. The van der Waals surface area contributed by atoms with Gasteiger partial charge in [0.25, 0.3) is 5.56 Å². The van der Waals surface area contributed by atoms with Crippen LogP contribution in [0.25, 0.3) is 0 Å². The summed E-state index contributed by atoms with van der Waals surface area (Å²) in [4.78, 5) is 24.9. The van der Waals surface area contributed by atoms with Gasteiger partial charge in [0, 0.05) is 38.3 Å². The van der Waals surface area contributed by atoms with Gasteiger partial charge in [-0.1, -0.05) is 13.0 Å². The van der Waals surface area contributed by atoms with Crippen molar-refractivity contribution in [2.45, 2.75) is 39.3 Å². The zero-order valence-corrected chi connectivity index (χ0v) is 16.6. The fourth-order valence-corrected chi connectivity index (χ4v) is 4.23. The largest absolute Gasteiger partial charge is 0.504 e. The van der Waals surface area contributed by atoms with E-state index >= 15 is 0 Å². The number of piperidine rings is 1. The first kappa shape index (κ1) is 18.8. The van der Waals surface area contributed by atoms with E-state index in [9.17, 15) is 9.90 Å². The van der Waals surface area contributed by atoms with Crippen LogP contribution in [0.1, 0.15) is 36.6 Å². The molecule has 0 bridgehead atoms. The molecule has 0 spiro atoms. The molecule has 0 radical (unpaired) electrons. The lowest BCUT2D eigenvalue weighted by molar-refractivity contribution is 0.240. The maximum atomic E-state index is 12.6. The van der Waals surface area contributed by atoms with Gasteiger partial charge in [-0.15, -0.1) is 0 Å². The number of phenols is 1. The van der Waals surface area contributed by atoms with E-state index in [1.54, 1.807) is 13.2 Å². The molecule has 7 heteroatoms. The Morgan fingerprint density at radius 3 is 3.00 bits per heavy atom. The number of anilines is 1. The Bertz CT molecular complexity index is 911. The second-order valence-corrected chi connectivity index (χ2v) is 7.98. The van der Waals surface area contributed by atoms with Crippen LogP contribution < -0.4 is 15.2 Å². The first-order valence-electron chi connectivity index (χ1n) is 9.98. The molecule has 2 aliphatic heterocycles. The summed E-state index contributed by atoms with van der Waals surface area (Å²) in [5.41, 5.74) is 2.76. The number of rotatable bonds is 4. The Balaban J connectivity index is 1.53. The van der Waals surface area contributed by atoms with E-state index in [1.165, 1.54) is 6.42 Å². The zero-order chi connectivity index (χ0) is 19.7. The summed E-state index contributed by atoms with van der Waals surface area (Å²) in [6.45, 7) is 6.32. The lowest BCUT2D eigenvalue weighted by Gasteiger charge is -2.33. The number of H-pyrrole nitrogens is 1. The van der Waals surface area contributed by atoms with Gasteiger partial charge in [0.15, 0.2) is 11.5 Å². The number of fused-ring (bicyclic) bond motifs is 1. The minimum atomic E-state index is 0.00387. The molecule has 0 aliphatic carbocycles. The summed E-state index contributed by atoms with van der Waals surface area (Å²) in [6, 6.07) is 5.42. The van der Waals surface area contributed by atoms with Crippen LogP contribution in [0.2, 0.25) is 0 Å². The van der Waals surface area contributed by atoms with Gasteiger partial charge in [-0.05, 0) is 42.9 Å². The summed E-state index contributed by atoms with van der Waals surface area (Å²) in [5.74, 6) is 1.95. The molecule has 1 unspecified atom stereocenters. The van der Waals surface area contributed by atoms with Crippen molar-refractivity contribution in [3.05, 3.63) is 45.4 Å². The quantitative estimate of drug-likeness (QED) is 0.842.